The topological polar surface area (TPSA) is 0 Å². The van der Waals surface area contributed by atoms with Crippen molar-refractivity contribution in [2.24, 2.45) is 0 Å². The summed E-state index contributed by atoms with van der Waals surface area (Å²) in [4.78, 5) is 4.69. The number of thiophene rings is 1. The molecule has 0 atom stereocenters. The van der Waals surface area contributed by atoms with Gasteiger partial charge in [0.05, 0.1) is 0 Å². The molecule has 4 aromatic heterocycles. The van der Waals surface area contributed by atoms with Crippen LogP contribution >= 0.6 is 11.3 Å². The van der Waals surface area contributed by atoms with E-state index in [0.29, 0.717) is 29.0 Å². The Morgan fingerprint density at radius 3 is 1.97 bits per heavy atom. The minimum atomic E-state index is -0.332. The van der Waals surface area contributed by atoms with Gasteiger partial charge in [-0.3, -0.25) is 0 Å². The van der Waals surface area contributed by atoms with Crippen molar-refractivity contribution < 1.29 is 0 Å². The van der Waals surface area contributed by atoms with Gasteiger partial charge in [0.15, 0.2) is 0 Å². The van der Waals surface area contributed by atoms with Crippen molar-refractivity contribution in [1.82, 2.24) is 0 Å². The molecule has 8 aromatic rings. The van der Waals surface area contributed by atoms with Crippen LogP contribution in [0.3, 0.4) is 0 Å². The van der Waals surface area contributed by atoms with Crippen molar-refractivity contribution in [2.75, 3.05) is 0 Å². The molecule has 0 nitrogen and oxygen atoms in total. The Bertz CT molecular complexity index is 1820. The number of fused-ring (bicyclic) bond motifs is 9. The fourth-order valence-electron chi connectivity index (χ4n) is 4.67. The molecule has 0 aliphatic rings. The molecular weight excluding hydrogens is 630 g/mol. The van der Waals surface area contributed by atoms with E-state index in [1.807, 2.05) is 11.3 Å². The summed E-state index contributed by atoms with van der Waals surface area (Å²) in [6.45, 7) is 0. The van der Waals surface area contributed by atoms with Gasteiger partial charge in [-0.05, 0) is 0 Å². The molecule has 0 aliphatic carbocycles. The second kappa shape index (κ2) is 6.13. The van der Waals surface area contributed by atoms with Crippen LogP contribution in [0.15, 0.2) is 70.5 Å². The van der Waals surface area contributed by atoms with Crippen LogP contribution < -0.4 is 0 Å². The summed E-state index contributed by atoms with van der Waals surface area (Å²) in [5, 5.41) is 11.6. The van der Waals surface area contributed by atoms with Crippen molar-refractivity contribution in [2.45, 2.75) is 0 Å². The van der Waals surface area contributed by atoms with Crippen LogP contribution in [-0.4, -0.2) is 49.4 Å². The van der Waals surface area contributed by atoms with Crippen molar-refractivity contribution in [3.05, 3.63) is 70.5 Å². The average molecular weight is 642 g/mol. The van der Waals surface area contributed by atoms with Crippen LogP contribution in [0.5, 0.6) is 0 Å². The number of rotatable bonds is 0. The van der Waals surface area contributed by atoms with Gasteiger partial charge in [0.1, 0.15) is 0 Å². The maximum absolute atomic E-state index is 2.51. The molecule has 140 valence electrons. The zero-order chi connectivity index (χ0) is 19.4. The standard InChI is InChI=1S/C26H12SSe2Te/c1-3-28-22-10-17-9-21-19(7-15(17)5-13(1)22)26-25(27-21)20-8-16-6-14-2-4-29-23(14)11-18(16)12-24(20)30-26/h1-12H. The van der Waals surface area contributed by atoms with Crippen LogP contribution in [0.2, 0.25) is 0 Å². The van der Waals surface area contributed by atoms with E-state index in [9.17, 15) is 0 Å². The van der Waals surface area contributed by atoms with Gasteiger partial charge in [-0.25, -0.2) is 0 Å². The number of hydrogen-bond acceptors (Lipinski definition) is 1. The van der Waals surface area contributed by atoms with Gasteiger partial charge in [0.25, 0.3) is 0 Å². The number of benzene rings is 4. The predicted octanol–water partition coefficient (Wildman–Crippen LogP) is 6.99. The summed E-state index contributed by atoms with van der Waals surface area (Å²) in [6, 6.07) is 24.3. The fourth-order valence-corrected chi connectivity index (χ4v) is 13.6. The zero-order valence-corrected chi connectivity index (χ0v) is 22.1. The van der Waals surface area contributed by atoms with Crippen molar-refractivity contribution in [3.63, 3.8) is 0 Å². The van der Waals surface area contributed by atoms with Crippen LogP contribution in [0.1, 0.15) is 0 Å². The zero-order valence-electron chi connectivity index (χ0n) is 15.6. The summed E-state index contributed by atoms with van der Waals surface area (Å²) < 4.78 is 9.41. The van der Waals surface area contributed by atoms with E-state index >= 15 is 0 Å². The third-order valence-corrected chi connectivity index (χ3v) is 14.8. The monoisotopic (exact) mass is 646 g/mol. The van der Waals surface area contributed by atoms with Gasteiger partial charge in [0, 0.05) is 0 Å². The molecule has 0 aliphatic heterocycles. The molecule has 0 fully saturated rings. The van der Waals surface area contributed by atoms with Gasteiger partial charge >= 0.3 is 199 Å². The molecule has 4 heterocycles. The summed E-state index contributed by atoms with van der Waals surface area (Å²) in [5.41, 5.74) is 0. The van der Waals surface area contributed by atoms with Crippen LogP contribution in [-0.2, 0) is 0 Å². The summed E-state index contributed by atoms with van der Waals surface area (Å²) in [5.74, 6) is 0. The summed E-state index contributed by atoms with van der Waals surface area (Å²) in [6.07, 6.45) is 0. The summed E-state index contributed by atoms with van der Waals surface area (Å²) >= 11 is 2.72. The summed E-state index contributed by atoms with van der Waals surface area (Å²) in [7, 11) is 0. The SMILES string of the molecule is c1cc2cc3cc4c(cc3cc2[se]1)sc1c2cc3cc5cc[se]c5cc3cc2[te]c41. The van der Waals surface area contributed by atoms with E-state index in [-0.39, 0.29) is 20.4 Å². The maximum atomic E-state index is 2.51. The predicted molar refractivity (Wildman–Crippen MR) is 138 cm³/mol. The van der Waals surface area contributed by atoms with Crippen molar-refractivity contribution >= 4 is 129 Å². The second-order valence-corrected chi connectivity index (χ2v) is 15.9. The molecule has 0 saturated heterocycles. The van der Waals surface area contributed by atoms with E-state index in [4.69, 9.17) is 0 Å². The first-order valence-corrected chi connectivity index (χ1v) is 16.6. The molecule has 0 N–H and O–H groups in total. The Kier molecular flexibility index (Phi) is 3.52. The molecule has 0 radical (unpaired) electrons. The van der Waals surface area contributed by atoms with E-state index in [1.54, 1.807) is 15.8 Å². The minimum absolute atomic E-state index is 0.332. The first-order valence-electron chi connectivity index (χ1n) is 9.81. The molecule has 0 amide bonds. The Morgan fingerprint density at radius 2 is 1.23 bits per heavy atom. The molecule has 4 heteroatoms. The molecule has 0 bridgehead atoms. The molecule has 0 unspecified atom stereocenters. The molecule has 30 heavy (non-hydrogen) atoms. The average Bonchev–Trinajstić information content (AvgIpc) is 3.51. The van der Waals surface area contributed by atoms with Gasteiger partial charge < -0.3 is 0 Å². The van der Waals surface area contributed by atoms with Gasteiger partial charge in [-0.2, -0.15) is 0 Å². The van der Waals surface area contributed by atoms with Gasteiger partial charge in [0.2, 0.25) is 0 Å². The molecule has 4 aromatic carbocycles. The van der Waals surface area contributed by atoms with Gasteiger partial charge in [-0.1, -0.05) is 0 Å². The third kappa shape index (κ3) is 2.34. The molecule has 0 spiro atoms. The van der Waals surface area contributed by atoms with E-state index < -0.39 is 0 Å². The molecule has 8 rings (SSSR count). The second-order valence-electron chi connectivity index (χ2n) is 7.87. The Morgan fingerprint density at radius 1 is 0.600 bits per heavy atom. The normalized spacial score (nSPS) is 12.7. The van der Waals surface area contributed by atoms with Crippen molar-refractivity contribution in [3.8, 4) is 0 Å². The van der Waals surface area contributed by atoms with Crippen LogP contribution in [0, 0.1) is 0 Å². The number of hydrogen-bond donors (Lipinski definition) is 0. The first-order chi connectivity index (χ1) is 14.8. The third-order valence-electron chi connectivity index (χ3n) is 6.14. The quantitative estimate of drug-likeness (QED) is 0.157. The molecule has 0 saturated carbocycles. The Labute approximate surface area is 197 Å². The molecular formula is C26H12SSe2Te. The van der Waals surface area contributed by atoms with Gasteiger partial charge in [-0.15, -0.1) is 0 Å². The Hall–Kier alpha value is -1.33. The van der Waals surface area contributed by atoms with E-state index in [0.717, 1.165) is 0 Å². The van der Waals surface area contributed by atoms with Crippen molar-refractivity contribution in [1.29, 1.82) is 0 Å². The van der Waals surface area contributed by atoms with Crippen LogP contribution in [0.4, 0.5) is 0 Å². The van der Waals surface area contributed by atoms with Crippen LogP contribution in [0.25, 0.3) is 67.8 Å². The van der Waals surface area contributed by atoms with E-state index in [1.165, 1.54) is 52.0 Å². The van der Waals surface area contributed by atoms with E-state index in [2.05, 4.69) is 70.5 Å². The first kappa shape index (κ1) is 17.3. The fraction of sp³-hybridized carbons (Fsp3) is 0. The Balaban J connectivity index is 1.49.